The molecular formula is C22H23N5O2S. The maximum absolute atomic E-state index is 12.6. The molecule has 4 rings (SSSR count). The van der Waals surface area contributed by atoms with Crippen LogP contribution in [0.4, 0.5) is 5.69 Å². The van der Waals surface area contributed by atoms with Gasteiger partial charge < -0.3 is 5.32 Å². The maximum Gasteiger partial charge on any atom is 0.273 e. The lowest BCUT2D eigenvalue weighted by atomic mass is 9.96. The highest BCUT2D eigenvalue weighted by molar-refractivity contribution is 7.10. The molecule has 0 atom stereocenters. The highest BCUT2D eigenvalue weighted by Gasteiger charge is 2.20. The zero-order chi connectivity index (χ0) is 21.1. The van der Waals surface area contributed by atoms with Crippen molar-refractivity contribution in [3.63, 3.8) is 0 Å². The fourth-order valence-corrected chi connectivity index (χ4v) is 4.66. The van der Waals surface area contributed by atoms with Crippen molar-refractivity contribution < 1.29 is 9.59 Å². The summed E-state index contributed by atoms with van der Waals surface area (Å²) in [6.45, 7) is 1.84. The van der Waals surface area contributed by atoms with E-state index in [1.54, 1.807) is 42.8 Å². The molecule has 30 heavy (non-hydrogen) atoms. The number of nitrogens with one attached hydrogen (secondary N) is 2. The van der Waals surface area contributed by atoms with E-state index in [4.69, 9.17) is 0 Å². The van der Waals surface area contributed by atoms with Crippen molar-refractivity contribution in [2.45, 2.75) is 32.6 Å². The second-order valence-electron chi connectivity index (χ2n) is 7.27. The van der Waals surface area contributed by atoms with Crippen LogP contribution in [-0.4, -0.2) is 27.3 Å². The molecule has 0 saturated carbocycles. The molecule has 2 aromatic heterocycles. The van der Waals surface area contributed by atoms with E-state index >= 15 is 0 Å². The van der Waals surface area contributed by atoms with E-state index in [-0.39, 0.29) is 11.8 Å². The summed E-state index contributed by atoms with van der Waals surface area (Å²) in [4.78, 5) is 26.2. The van der Waals surface area contributed by atoms with E-state index in [1.165, 1.54) is 21.5 Å². The van der Waals surface area contributed by atoms with Crippen LogP contribution in [0.15, 0.2) is 47.0 Å². The summed E-state index contributed by atoms with van der Waals surface area (Å²) in [5.41, 5.74) is 7.32. The van der Waals surface area contributed by atoms with Crippen LogP contribution in [0.3, 0.4) is 0 Å². The van der Waals surface area contributed by atoms with Gasteiger partial charge in [0.15, 0.2) is 0 Å². The van der Waals surface area contributed by atoms with Gasteiger partial charge in [-0.1, -0.05) is 12.1 Å². The molecule has 0 unspecified atom stereocenters. The van der Waals surface area contributed by atoms with Crippen LogP contribution in [0.1, 0.15) is 56.6 Å². The first-order chi connectivity index (χ1) is 14.5. The first-order valence-electron chi connectivity index (χ1n) is 9.86. The largest absolute Gasteiger partial charge is 0.321 e. The lowest BCUT2D eigenvalue weighted by Gasteiger charge is -2.12. The molecule has 3 aromatic rings. The second-order valence-corrected chi connectivity index (χ2v) is 8.23. The third-order valence-electron chi connectivity index (χ3n) is 5.25. The van der Waals surface area contributed by atoms with Gasteiger partial charge in [-0.15, -0.1) is 11.3 Å². The summed E-state index contributed by atoms with van der Waals surface area (Å²) in [7, 11) is 1.72. The Kier molecular flexibility index (Phi) is 5.76. The highest BCUT2D eigenvalue weighted by atomic mass is 32.1. The van der Waals surface area contributed by atoms with E-state index in [0.29, 0.717) is 17.1 Å². The highest BCUT2D eigenvalue weighted by Crippen LogP contribution is 2.30. The molecule has 1 aliphatic carbocycles. The molecule has 0 aliphatic heterocycles. The fourth-order valence-electron chi connectivity index (χ4n) is 3.53. The third kappa shape index (κ3) is 4.18. The Hall–Kier alpha value is -3.26. The molecule has 2 N–H and O–H groups in total. The topological polar surface area (TPSA) is 88.4 Å². The van der Waals surface area contributed by atoms with E-state index in [9.17, 15) is 9.59 Å². The van der Waals surface area contributed by atoms with Gasteiger partial charge in [0.1, 0.15) is 5.69 Å². The Morgan fingerprint density at radius 3 is 2.60 bits per heavy atom. The van der Waals surface area contributed by atoms with Gasteiger partial charge in [0.2, 0.25) is 0 Å². The van der Waals surface area contributed by atoms with Crippen molar-refractivity contribution in [1.29, 1.82) is 0 Å². The molecule has 2 amide bonds. The van der Waals surface area contributed by atoms with Gasteiger partial charge in [-0.25, -0.2) is 5.43 Å². The minimum atomic E-state index is -0.223. The lowest BCUT2D eigenvalue weighted by Crippen LogP contribution is -2.20. The predicted octanol–water partition coefficient (Wildman–Crippen LogP) is 3.77. The van der Waals surface area contributed by atoms with Gasteiger partial charge in [0.25, 0.3) is 11.8 Å². The van der Waals surface area contributed by atoms with Crippen molar-refractivity contribution in [3.8, 4) is 0 Å². The van der Waals surface area contributed by atoms with E-state index < -0.39 is 0 Å². The maximum atomic E-state index is 12.6. The first-order valence-corrected chi connectivity index (χ1v) is 10.7. The molecule has 2 heterocycles. The van der Waals surface area contributed by atoms with Crippen LogP contribution in [0.5, 0.6) is 0 Å². The zero-order valence-corrected chi connectivity index (χ0v) is 17.8. The monoisotopic (exact) mass is 421 g/mol. The number of hydrogen-bond acceptors (Lipinski definition) is 5. The number of anilines is 1. The second kappa shape index (κ2) is 8.62. The number of rotatable bonds is 5. The number of aromatic nitrogens is 2. The van der Waals surface area contributed by atoms with Gasteiger partial charge in [0, 0.05) is 29.2 Å². The molecule has 1 aliphatic rings. The van der Waals surface area contributed by atoms with E-state index in [0.717, 1.165) is 30.4 Å². The number of amides is 2. The van der Waals surface area contributed by atoms with Gasteiger partial charge >= 0.3 is 0 Å². The smallest absolute Gasteiger partial charge is 0.273 e. The molecule has 0 bridgehead atoms. The molecule has 0 saturated heterocycles. The number of aryl methyl sites for hydroxylation is 2. The Balaban J connectivity index is 1.39. The summed E-state index contributed by atoms with van der Waals surface area (Å²) < 4.78 is 1.52. The normalized spacial score (nSPS) is 13.6. The molecule has 1 aromatic carbocycles. The number of benzene rings is 1. The molecule has 0 spiro atoms. The van der Waals surface area contributed by atoms with Gasteiger partial charge in [-0.3, -0.25) is 14.3 Å². The number of thiophene rings is 1. The summed E-state index contributed by atoms with van der Waals surface area (Å²) in [5.74, 6) is -0.381. The summed E-state index contributed by atoms with van der Waals surface area (Å²) in [6, 6.07) is 8.99. The molecule has 154 valence electrons. The number of hydrogen-bond donors (Lipinski definition) is 2. The quantitative estimate of drug-likeness (QED) is 0.486. The predicted molar refractivity (Wildman–Crippen MR) is 118 cm³/mol. The number of fused-ring (bicyclic) bond motifs is 1. The van der Waals surface area contributed by atoms with Crippen molar-refractivity contribution in [1.82, 2.24) is 15.2 Å². The van der Waals surface area contributed by atoms with Gasteiger partial charge in [-0.05, 0) is 61.9 Å². The SMILES string of the molecule is CC(=NNC(=O)c1csc2c1CCCC2)c1ccc(NC(=O)c2ccnn2C)cc1. The molecular weight excluding hydrogens is 398 g/mol. The first kappa shape index (κ1) is 20.0. The Bertz CT molecular complexity index is 1110. The standard InChI is InChI=1S/C22H23N5O2S/c1-14(25-26-21(28)18-13-30-20-6-4-3-5-17(18)20)15-7-9-16(10-8-15)24-22(29)19-11-12-23-27(19)2/h7-13H,3-6H2,1-2H3,(H,24,29)(H,26,28). The zero-order valence-electron chi connectivity index (χ0n) is 16.9. The number of carbonyl (C=O) groups is 2. The third-order valence-corrected chi connectivity index (χ3v) is 6.33. The minimum Gasteiger partial charge on any atom is -0.321 e. The van der Waals surface area contributed by atoms with Crippen molar-refractivity contribution in [3.05, 3.63) is 69.2 Å². The molecule has 8 heteroatoms. The van der Waals surface area contributed by atoms with Crippen LogP contribution >= 0.6 is 11.3 Å². The van der Waals surface area contributed by atoms with Crippen LogP contribution in [0.2, 0.25) is 0 Å². The minimum absolute atomic E-state index is 0.159. The van der Waals surface area contributed by atoms with Crippen LogP contribution < -0.4 is 10.7 Å². The summed E-state index contributed by atoms with van der Waals surface area (Å²) in [6.07, 6.45) is 5.95. The molecule has 0 fully saturated rings. The van der Waals surface area contributed by atoms with Gasteiger partial charge in [-0.2, -0.15) is 10.2 Å². The molecule has 0 radical (unpaired) electrons. The Morgan fingerprint density at radius 1 is 1.10 bits per heavy atom. The Labute approximate surface area is 178 Å². The van der Waals surface area contributed by atoms with Crippen molar-refractivity contribution in [2.75, 3.05) is 5.32 Å². The average molecular weight is 422 g/mol. The van der Waals surface area contributed by atoms with Crippen molar-refractivity contribution >= 4 is 34.6 Å². The van der Waals surface area contributed by atoms with E-state index in [1.807, 2.05) is 24.4 Å². The lowest BCUT2D eigenvalue weighted by molar-refractivity contribution is 0.0953. The number of carbonyl (C=O) groups excluding carboxylic acids is 2. The average Bonchev–Trinajstić information content (AvgIpc) is 3.38. The van der Waals surface area contributed by atoms with Crippen LogP contribution in [0, 0.1) is 0 Å². The summed E-state index contributed by atoms with van der Waals surface area (Å²) in [5, 5.41) is 13.0. The van der Waals surface area contributed by atoms with Crippen molar-refractivity contribution in [2.24, 2.45) is 12.1 Å². The summed E-state index contributed by atoms with van der Waals surface area (Å²) >= 11 is 1.67. The Morgan fingerprint density at radius 2 is 1.87 bits per heavy atom. The van der Waals surface area contributed by atoms with Gasteiger partial charge in [0.05, 0.1) is 11.3 Å². The fraction of sp³-hybridized carbons (Fsp3) is 0.273. The van der Waals surface area contributed by atoms with E-state index in [2.05, 4.69) is 20.9 Å². The van der Waals surface area contributed by atoms with Crippen LogP contribution in [0.25, 0.3) is 0 Å². The van der Waals surface area contributed by atoms with Crippen LogP contribution in [-0.2, 0) is 19.9 Å². The number of nitrogens with zero attached hydrogens (tertiary/aromatic N) is 3. The molecule has 7 nitrogen and oxygen atoms in total. The number of hydrazone groups is 1.